The van der Waals surface area contributed by atoms with Crippen molar-refractivity contribution in [2.75, 3.05) is 5.32 Å². The van der Waals surface area contributed by atoms with E-state index in [1.165, 1.54) is 18.2 Å². The number of hydrogen-bond acceptors (Lipinski definition) is 2. The van der Waals surface area contributed by atoms with E-state index in [9.17, 15) is 18.0 Å². The van der Waals surface area contributed by atoms with Crippen molar-refractivity contribution in [2.24, 2.45) is 0 Å². The number of rotatable bonds is 1. The third-order valence-electron chi connectivity index (χ3n) is 2.37. The number of carbonyl (C=O) groups excluding carboxylic acids is 1. The summed E-state index contributed by atoms with van der Waals surface area (Å²) >= 11 is 0. The van der Waals surface area contributed by atoms with Crippen molar-refractivity contribution in [1.29, 1.82) is 0 Å². The molecule has 0 saturated carbocycles. The number of fused-ring (bicyclic) bond motifs is 1. The molecule has 0 unspecified atom stereocenters. The fraction of sp³-hybridized carbons (Fsp3) is 0.300. The molecule has 0 saturated heterocycles. The molecular formula is C10H8F3NO2. The molecule has 86 valence electrons. The highest BCUT2D eigenvalue weighted by atomic mass is 19.4. The Labute approximate surface area is 89.2 Å². The van der Waals surface area contributed by atoms with E-state index < -0.39 is 12.3 Å². The third-order valence-corrected chi connectivity index (χ3v) is 2.37. The molecule has 2 rings (SSSR count). The fourth-order valence-electron chi connectivity index (χ4n) is 1.59. The first-order chi connectivity index (χ1) is 7.37. The highest BCUT2D eigenvalue weighted by Gasteiger charge is 2.33. The van der Waals surface area contributed by atoms with E-state index in [-0.39, 0.29) is 11.7 Å². The molecule has 1 aromatic rings. The average Bonchev–Trinajstić information content (AvgIpc) is 2.42. The summed E-state index contributed by atoms with van der Waals surface area (Å²) < 4.78 is 39.7. The lowest BCUT2D eigenvalue weighted by Crippen LogP contribution is -2.17. The van der Waals surface area contributed by atoms with Crippen molar-refractivity contribution in [3.8, 4) is 5.75 Å². The van der Waals surface area contributed by atoms with Gasteiger partial charge in [0.1, 0.15) is 5.75 Å². The second-order valence-corrected chi connectivity index (χ2v) is 3.51. The van der Waals surface area contributed by atoms with Crippen molar-refractivity contribution >= 4 is 11.6 Å². The monoisotopic (exact) mass is 231 g/mol. The standard InChI is InChI=1S/C10H8F3NO2/c1-5-7-4-6(16-10(11,12)13)2-3-8(7)14-9(5)15/h2-5H,1H3,(H,14,15)/t5-/m0/s1. The summed E-state index contributed by atoms with van der Waals surface area (Å²) in [5.41, 5.74) is 1.05. The molecule has 6 heteroatoms. The van der Waals surface area contributed by atoms with Crippen LogP contribution in [0.1, 0.15) is 18.4 Å². The first-order valence-electron chi connectivity index (χ1n) is 4.57. The Morgan fingerprint density at radius 1 is 1.38 bits per heavy atom. The van der Waals surface area contributed by atoms with Gasteiger partial charge in [-0.15, -0.1) is 13.2 Å². The zero-order valence-corrected chi connectivity index (χ0v) is 8.26. The summed E-state index contributed by atoms with van der Waals surface area (Å²) in [5.74, 6) is -0.986. The molecule has 1 heterocycles. The van der Waals surface area contributed by atoms with Gasteiger partial charge < -0.3 is 10.1 Å². The Bertz CT molecular complexity index is 442. The maximum absolute atomic E-state index is 12.0. The van der Waals surface area contributed by atoms with Gasteiger partial charge in [-0.05, 0) is 30.7 Å². The molecule has 0 bridgehead atoms. The minimum Gasteiger partial charge on any atom is -0.406 e. The van der Waals surface area contributed by atoms with E-state index in [4.69, 9.17) is 0 Å². The fourth-order valence-corrected chi connectivity index (χ4v) is 1.59. The van der Waals surface area contributed by atoms with E-state index in [0.29, 0.717) is 11.3 Å². The summed E-state index contributed by atoms with van der Waals surface area (Å²) in [6.07, 6.45) is -4.71. The number of benzene rings is 1. The van der Waals surface area contributed by atoms with E-state index in [1.807, 2.05) is 0 Å². The van der Waals surface area contributed by atoms with Crippen molar-refractivity contribution < 1.29 is 22.7 Å². The molecule has 3 nitrogen and oxygen atoms in total. The molecule has 16 heavy (non-hydrogen) atoms. The topological polar surface area (TPSA) is 38.3 Å². The minimum atomic E-state index is -4.71. The summed E-state index contributed by atoms with van der Waals surface area (Å²) in [6.45, 7) is 1.62. The lowest BCUT2D eigenvalue weighted by Gasteiger charge is -2.10. The molecule has 1 amide bonds. The number of anilines is 1. The normalized spacial score (nSPS) is 19.2. The van der Waals surface area contributed by atoms with E-state index >= 15 is 0 Å². The number of amides is 1. The Kier molecular flexibility index (Phi) is 2.29. The van der Waals surface area contributed by atoms with Crippen LogP contribution in [0.5, 0.6) is 5.75 Å². The highest BCUT2D eigenvalue weighted by molar-refractivity contribution is 6.02. The molecule has 0 radical (unpaired) electrons. The molecule has 0 aliphatic carbocycles. The van der Waals surface area contributed by atoms with E-state index in [0.717, 1.165) is 0 Å². The first kappa shape index (κ1) is 10.8. The zero-order chi connectivity index (χ0) is 11.9. The number of ether oxygens (including phenoxy) is 1. The van der Waals surface area contributed by atoms with Crippen molar-refractivity contribution in [3.63, 3.8) is 0 Å². The second kappa shape index (κ2) is 3.40. The summed E-state index contributed by atoms with van der Waals surface area (Å²) in [6, 6.07) is 3.80. The number of alkyl halides is 3. The lowest BCUT2D eigenvalue weighted by molar-refractivity contribution is -0.274. The molecular weight excluding hydrogens is 223 g/mol. The average molecular weight is 231 g/mol. The van der Waals surface area contributed by atoms with Crippen LogP contribution >= 0.6 is 0 Å². The highest BCUT2D eigenvalue weighted by Crippen LogP contribution is 2.36. The van der Waals surface area contributed by atoms with Gasteiger partial charge in [0.25, 0.3) is 0 Å². The van der Waals surface area contributed by atoms with Crippen molar-refractivity contribution in [3.05, 3.63) is 23.8 Å². The molecule has 0 aromatic heterocycles. The first-order valence-corrected chi connectivity index (χ1v) is 4.57. The van der Waals surface area contributed by atoms with Gasteiger partial charge in [0.2, 0.25) is 5.91 Å². The predicted octanol–water partition coefficient (Wildman–Crippen LogP) is 2.64. The van der Waals surface area contributed by atoms with Crippen LogP contribution in [-0.2, 0) is 4.79 Å². The largest absolute Gasteiger partial charge is 0.573 e. The predicted molar refractivity (Wildman–Crippen MR) is 50.2 cm³/mol. The SMILES string of the molecule is C[C@@H]1C(=O)Nc2ccc(OC(F)(F)F)cc21. The van der Waals surface area contributed by atoms with E-state index in [2.05, 4.69) is 10.1 Å². The van der Waals surface area contributed by atoms with Gasteiger partial charge >= 0.3 is 6.36 Å². The van der Waals surface area contributed by atoms with Gasteiger partial charge in [-0.3, -0.25) is 4.79 Å². The van der Waals surface area contributed by atoms with Crippen LogP contribution in [0.3, 0.4) is 0 Å². The maximum atomic E-state index is 12.0. The summed E-state index contributed by atoms with van der Waals surface area (Å²) in [4.78, 5) is 11.3. The van der Waals surface area contributed by atoms with Crippen LogP contribution in [0.2, 0.25) is 0 Å². The van der Waals surface area contributed by atoms with Gasteiger partial charge in [0.15, 0.2) is 0 Å². The number of hydrogen-bond donors (Lipinski definition) is 1. The third kappa shape index (κ3) is 1.95. The van der Waals surface area contributed by atoms with Crippen molar-refractivity contribution in [2.45, 2.75) is 19.2 Å². The van der Waals surface area contributed by atoms with Crippen LogP contribution in [0.15, 0.2) is 18.2 Å². The van der Waals surface area contributed by atoms with Crippen LogP contribution in [0, 0.1) is 0 Å². The van der Waals surface area contributed by atoms with Crippen LogP contribution in [0.25, 0.3) is 0 Å². The van der Waals surface area contributed by atoms with Crippen LogP contribution in [0.4, 0.5) is 18.9 Å². The Morgan fingerprint density at radius 3 is 2.69 bits per heavy atom. The van der Waals surface area contributed by atoms with Crippen LogP contribution < -0.4 is 10.1 Å². The van der Waals surface area contributed by atoms with Crippen LogP contribution in [-0.4, -0.2) is 12.3 Å². The molecule has 0 fully saturated rings. The van der Waals surface area contributed by atoms with Gasteiger partial charge in [-0.25, -0.2) is 0 Å². The Hall–Kier alpha value is -1.72. The molecule has 1 aromatic carbocycles. The number of halogens is 3. The smallest absolute Gasteiger partial charge is 0.406 e. The molecule has 1 N–H and O–H groups in total. The maximum Gasteiger partial charge on any atom is 0.573 e. The summed E-state index contributed by atoms with van der Waals surface area (Å²) in [7, 11) is 0. The second-order valence-electron chi connectivity index (χ2n) is 3.51. The Morgan fingerprint density at radius 2 is 2.06 bits per heavy atom. The Balaban J connectivity index is 2.31. The lowest BCUT2D eigenvalue weighted by atomic mass is 10.0. The van der Waals surface area contributed by atoms with Gasteiger partial charge in [0, 0.05) is 5.69 Å². The van der Waals surface area contributed by atoms with Gasteiger partial charge in [-0.1, -0.05) is 0 Å². The number of carbonyl (C=O) groups is 1. The summed E-state index contributed by atoms with van der Waals surface area (Å²) in [5, 5.41) is 2.56. The molecule has 0 spiro atoms. The molecule has 1 atom stereocenters. The number of nitrogens with one attached hydrogen (secondary N) is 1. The molecule has 1 aliphatic rings. The van der Waals surface area contributed by atoms with E-state index in [1.54, 1.807) is 6.92 Å². The zero-order valence-electron chi connectivity index (χ0n) is 8.26. The molecule has 1 aliphatic heterocycles. The minimum absolute atomic E-state index is 0.223. The van der Waals surface area contributed by atoms with Gasteiger partial charge in [-0.2, -0.15) is 0 Å². The quantitative estimate of drug-likeness (QED) is 0.806. The van der Waals surface area contributed by atoms with Crippen molar-refractivity contribution in [1.82, 2.24) is 0 Å². The van der Waals surface area contributed by atoms with Gasteiger partial charge in [0.05, 0.1) is 5.92 Å².